The van der Waals surface area contributed by atoms with Crippen LogP contribution in [0.15, 0.2) is 29.8 Å². The molecule has 2 aliphatic carbocycles. The summed E-state index contributed by atoms with van der Waals surface area (Å²) in [6, 6.07) is 4.66. The number of allylic oxidation sites excluding steroid dienone is 2. The van der Waals surface area contributed by atoms with E-state index in [1.165, 1.54) is 25.1 Å². The van der Waals surface area contributed by atoms with Gasteiger partial charge in [-0.25, -0.2) is 0 Å². The first-order valence-electron chi connectivity index (χ1n) is 10.0. The normalized spacial score (nSPS) is 35.4. The van der Waals surface area contributed by atoms with Crippen molar-refractivity contribution in [1.29, 1.82) is 0 Å². The molecule has 1 aromatic carbocycles. The van der Waals surface area contributed by atoms with Gasteiger partial charge < -0.3 is 5.11 Å². The molecule has 0 unspecified atom stereocenters. The van der Waals surface area contributed by atoms with Crippen LogP contribution in [-0.4, -0.2) is 52.6 Å². The van der Waals surface area contributed by atoms with Crippen LogP contribution in [0.25, 0.3) is 0 Å². The number of nitrogens with zero attached hydrogens (tertiary/aromatic N) is 2. The fourth-order valence-corrected chi connectivity index (χ4v) is 6.21. The van der Waals surface area contributed by atoms with Crippen LogP contribution >= 0.6 is 11.6 Å². The molecular formula is C22H21ClN2O5. The van der Waals surface area contributed by atoms with Crippen molar-refractivity contribution in [3.8, 4) is 5.75 Å². The SMILES string of the molecule is CN1C(=O)[C@H]2[C@H](CC=C3[C@H]2C[C@H]2C(=O)N(C)C(=O)[C@H]2[C@H]3c2cc(Cl)ccc2O)C1=O. The van der Waals surface area contributed by atoms with E-state index in [1.807, 2.05) is 6.08 Å². The topological polar surface area (TPSA) is 95.0 Å². The third-order valence-electron chi connectivity index (χ3n) is 7.41. The number of phenols is 1. The molecule has 4 amide bonds. The van der Waals surface area contributed by atoms with E-state index >= 15 is 0 Å². The minimum Gasteiger partial charge on any atom is -0.508 e. The molecule has 30 heavy (non-hydrogen) atoms. The van der Waals surface area contributed by atoms with Crippen molar-refractivity contribution in [3.05, 3.63) is 40.4 Å². The van der Waals surface area contributed by atoms with Crippen molar-refractivity contribution >= 4 is 35.2 Å². The number of amides is 4. The van der Waals surface area contributed by atoms with Crippen molar-refractivity contribution in [1.82, 2.24) is 9.80 Å². The van der Waals surface area contributed by atoms with Crippen LogP contribution in [0.5, 0.6) is 5.75 Å². The predicted molar refractivity (Wildman–Crippen MR) is 106 cm³/mol. The van der Waals surface area contributed by atoms with Gasteiger partial charge in [0.05, 0.1) is 23.7 Å². The number of hydrogen-bond acceptors (Lipinski definition) is 5. The average Bonchev–Trinajstić information content (AvgIpc) is 3.08. The van der Waals surface area contributed by atoms with Gasteiger partial charge >= 0.3 is 0 Å². The molecule has 156 valence electrons. The number of likely N-dealkylation sites (tertiary alicyclic amines) is 2. The first kappa shape index (κ1) is 19.3. The van der Waals surface area contributed by atoms with Gasteiger partial charge in [-0.2, -0.15) is 0 Å². The van der Waals surface area contributed by atoms with Gasteiger partial charge in [0.15, 0.2) is 0 Å². The lowest BCUT2D eigenvalue weighted by Crippen LogP contribution is -2.42. The molecule has 0 spiro atoms. The van der Waals surface area contributed by atoms with Gasteiger partial charge in [0.1, 0.15) is 5.75 Å². The fourth-order valence-electron chi connectivity index (χ4n) is 6.03. The van der Waals surface area contributed by atoms with Gasteiger partial charge in [-0.1, -0.05) is 23.3 Å². The molecule has 0 radical (unpaired) electrons. The maximum absolute atomic E-state index is 13.0. The maximum Gasteiger partial charge on any atom is 0.233 e. The average molecular weight is 429 g/mol. The quantitative estimate of drug-likeness (QED) is 0.545. The molecule has 6 atom stereocenters. The number of fused-ring (bicyclic) bond motifs is 4. The number of phenolic OH excluding ortho intramolecular Hbond substituents is 1. The lowest BCUT2D eigenvalue weighted by atomic mass is 9.57. The number of hydrogen-bond donors (Lipinski definition) is 1. The molecule has 2 aliphatic heterocycles. The Morgan fingerprint density at radius 3 is 2.23 bits per heavy atom. The van der Waals surface area contributed by atoms with Gasteiger partial charge in [-0.3, -0.25) is 29.0 Å². The highest BCUT2D eigenvalue weighted by Crippen LogP contribution is 2.58. The molecular weight excluding hydrogens is 408 g/mol. The molecule has 8 heteroatoms. The maximum atomic E-state index is 13.0. The van der Waals surface area contributed by atoms with Gasteiger partial charge in [0.25, 0.3) is 0 Å². The van der Waals surface area contributed by atoms with Gasteiger partial charge in [-0.15, -0.1) is 0 Å². The molecule has 2 saturated heterocycles. The van der Waals surface area contributed by atoms with E-state index in [2.05, 4.69) is 0 Å². The second kappa shape index (κ2) is 6.41. The molecule has 7 nitrogen and oxygen atoms in total. The van der Waals surface area contributed by atoms with Crippen LogP contribution in [0.3, 0.4) is 0 Å². The Balaban J connectivity index is 1.69. The summed E-state index contributed by atoms with van der Waals surface area (Å²) in [5, 5.41) is 11.0. The standard InChI is InChI=1S/C22H21ClN2O5/c1-24-19(27)11-5-4-10-12(17(11)21(24)29)8-14-18(22(30)25(2)20(14)28)16(10)13-7-9(23)3-6-15(13)26/h3-4,6-7,11-12,14,16-18,26H,5,8H2,1-2H3/t11-,12+,14+,16+,17-,18+/m0/s1. The number of aromatic hydroxyl groups is 1. The second-order valence-corrected chi connectivity index (χ2v) is 9.13. The number of carbonyl (C=O) groups is 4. The molecule has 5 rings (SSSR count). The van der Waals surface area contributed by atoms with Crippen LogP contribution in [-0.2, 0) is 19.2 Å². The van der Waals surface area contributed by atoms with Crippen LogP contribution in [0.2, 0.25) is 5.02 Å². The van der Waals surface area contributed by atoms with Crippen LogP contribution < -0.4 is 0 Å². The Kier molecular flexibility index (Phi) is 4.13. The van der Waals surface area contributed by atoms with Crippen molar-refractivity contribution in [2.45, 2.75) is 18.8 Å². The van der Waals surface area contributed by atoms with Gasteiger partial charge in [0, 0.05) is 30.6 Å². The smallest absolute Gasteiger partial charge is 0.233 e. The van der Waals surface area contributed by atoms with Crippen molar-refractivity contribution < 1.29 is 24.3 Å². The highest BCUT2D eigenvalue weighted by molar-refractivity contribution is 6.30. The molecule has 1 N–H and O–H groups in total. The largest absolute Gasteiger partial charge is 0.508 e. The number of benzene rings is 1. The first-order chi connectivity index (χ1) is 14.2. The summed E-state index contributed by atoms with van der Waals surface area (Å²) in [7, 11) is 2.96. The molecule has 3 fully saturated rings. The summed E-state index contributed by atoms with van der Waals surface area (Å²) in [5.74, 6) is -4.14. The molecule has 0 aromatic heterocycles. The molecule has 1 saturated carbocycles. The summed E-state index contributed by atoms with van der Waals surface area (Å²) in [4.78, 5) is 53.7. The van der Waals surface area contributed by atoms with E-state index in [4.69, 9.17) is 11.6 Å². The summed E-state index contributed by atoms with van der Waals surface area (Å²) < 4.78 is 0. The Bertz CT molecular complexity index is 1050. The highest BCUT2D eigenvalue weighted by atomic mass is 35.5. The molecule has 0 bridgehead atoms. The highest BCUT2D eigenvalue weighted by Gasteiger charge is 2.61. The Morgan fingerprint density at radius 1 is 0.900 bits per heavy atom. The van der Waals surface area contributed by atoms with Crippen LogP contribution in [0.1, 0.15) is 24.3 Å². The Hall–Kier alpha value is -2.67. The minimum absolute atomic E-state index is 0.00688. The first-order valence-corrected chi connectivity index (χ1v) is 10.4. The Labute approximate surface area is 178 Å². The lowest BCUT2D eigenvalue weighted by molar-refractivity contribution is -0.140. The number of halogens is 1. The third-order valence-corrected chi connectivity index (χ3v) is 7.65. The van der Waals surface area contributed by atoms with Crippen molar-refractivity contribution in [2.24, 2.45) is 29.6 Å². The van der Waals surface area contributed by atoms with E-state index in [0.717, 1.165) is 10.5 Å². The Morgan fingerprint density at radius 2 is 1.53 bits per heavy atom. The lowest BCUT2D eigenvalue weighted by Gasteiger charge is -2.44. The zero-order chi connectivity index (χ0) is 21.5. The molecule has 4 aliphatic rings. The van der Waals surface area contributed by atoms with Crippen molar-refractivity contribution in [3.63, 3.8) is 0 Å². The number of imide groups is 2. The second-order valence-electron chi connectivity index (χ2n) is 8.70. The summed E-state index contributed by atoms with van der Waals surface area (Å²) in [6.45, 7) is 0. The fraction of sp³-hybridized carbons (Fsp3) is 0.455. The minimum atomic E-state index is -0.657. The zero-order valence-corrected chi connectivity index (χ0v) is 17.3. The van der Waals surface area contributed by atoms with Crippen LogP contribution in [0.4, 0.5) is 0 Å². The zero-order valence-electron chi connectivity index (χ0n) is 16.5. The summed E-state index contributed by atoms with van der Waals surface area (Å²) in [5.41, 5.74) is 1.33. The van der Waals surface area contributed by atoms with E-state index in [-0.39, 0.29) is 35.3 Å². The third kappa shape index (κ3) is 2.38. The van der Waals surface area contributed by atoms with Gasteiger partial charge in [0.2, 0.25) is 23.6 Å². The summed E-state index contributed by atoms with van der Waals surface area (Å²) >= 11 is 6.20. The van der Waals surface area contributed by atoms with E-state index < -0.39 is 29.6 Å². The van der Waals surface area contributed by atoms with Gasteiger partial charge in [-0.05, 0) is 37.0 Å². The van der Waals surface area contributed by atoms with E-state index in [9.17, 15) is 24.3 Å². The monoisotopic (exact) mass is 428 g/mol. The van der Waals surface area contributed by atoms with E-state index in [1.54, 1.807) is 12.1 Å². The van der Waals surface area contributed by atoms with Crippen LogP contribution in [0, 0.1) is 29.6 Å². The molecule has 1 aromatic rings. The van der Waals surface area contributed by atoms with Crippen molar-refractivity contribution in [2.75, 3.05) is 14.1 Å². The molecule has 2 heterocycles. The predicted octanol–water partition coefficient (Wildman–Crippen LogP) is 1.94. The number of carbonyl (C=O) groups excluding carboxylic acids is 4. The number of rotatable bonds is 1. The summed E-state index contributed by atoms with van der Waals surface area (Å²) in [6.07, 6.45) is 2.68. The van der Waals surface area contributed by atoms with E-state index in [0.29, 0.717) is 23.4 Å².